The zero-order valence-electron chi connectivity index (χ0n) is 10.4. The predicted molar refractivity (Wildman–Crippen MR) is 78.6 cm³/mol. The van der Waals surface area contributed by atoms with Crippen molar-refractivity contribution in [1.29, 1.82) is 0 Å². The van der Waals surface area contributed by atoms with E-state index in [0.29, 0.717) is 19.4 Å². The fourth-order valence-corrected chi connectivity index (χ4v) is 3.46. The second kappa shape index (κ2) is 6.58. The molecule has 1 aromatic heterocycles. The summed E-state index contributed by atoms with van der Waals surface area (Å²) >= 11 is 11.6. The van der Waals surface area contributed by atoms with E-state index < -0.39 is 10.0 Å². The summed E-state index contributed by atoms with van der Waals surface area (Å²) in [7, 11) is -3.60. The van der Waals surface area contributed by atoms with Crippen LogP contribution in [0, 0.1) is 0 Å². The van der Waals surface area contributed by atoms with Crippen molar-refractivity contribution in [3.8, 4) is 0 Å². The topological polar surface area (TPSA) is 74.8 Å². The van der Waals surface area contributed by atoms with E-state index in [1.54, 1.807) is 12.4 Å². The molecule has 1 aromatic carbocycles. The van der Waals surface area contributed by atoms with Crippen molar-refractivity contribution in [1.82, 2.24) is 14.7 Å². The largest absolute Gasteiger partial charge is 0.349 e. The molecule has 0 atom stereocenters. The molecular weight excluding hydrogens is 321 g/mol. The normalized spacial score (nSPS) is 11.7. The highest BCUT2D eigenvalue weighted by atomic mass is 35.5. The van der Waals surface area contributed by atoms with Gasteiger partial charge < -0.3 is 4.98 Å². The molecule has 20 heavy (non-hydrogen) atoms. The van der Waals surface area contributed by atoms with E-state index in [1.807, 2.05) is 0 Å². The smallest absolute Gasteiger partial charge is 0.240 e. The third-order valence-corrected chi connectivity index (χ3v) is 4.46. The number of rotatable bonds is 6. The van der Waals surface area contributed by atoms with E-state index in [0.717, 1.165) is 5.82 Å². The van der Waals surface area contributed by atoms with Gasteiger partial charge in [0.15, 0.2) is 0 Å². The van der Waals surface area contributed by atoms with Crippen molar-refractivity contribution in [2.45, 2.75) is 17.7 Å². The fourth-order valence-electron chi connectivity index (χ4n) is 1.66. The highest BCUT2D eigenvalue weighted by Crippen LogP contribution is 2.22. The van der Waals surface area contributed by atoms with Gasteiger partial charge in [-0.25, -0.2) is 18.1 Å². The summed E-state index contributed by atoms with van der Waals surface area (Å²) in [5, 5.41) is 0.571. The lowest BCUT2D eigenvalue weighted by molar-refractivity contribution is 0.578. The van der Waals surface area contributed by atoms with Gasteiger partial charge in [-0.2, -0.15) is 0 Å². The average molecular weight is 334 g/mol. The molecule has 0 radical (unpaired) electrons. The Labute approximate surface area is 127 Å². The maximum Gasteiger partial charge on any atom is 0.240 e. The molecule has 0 aliphatic carbocycles. The average Bonchev–Trinajstić information content (AvgIpc) is 2.86. The molecular formula is C12H13Cl2N3O2S. The Balaban J connectivity index is 1.93. The molecule has 0 unspecified atom stereocenters. The number of sulfonamides is 1. The van der Waals surface area contributed by atoms with Gasteiger partial charge in [0.1, 0.15) is 5.82 Å². The van der Waals surface area contributed by atoms with Crippen LogP contribution in [-0.2, 0) is 16.4 Å². The minimum absolute atomic E-state index is 0.0630. The van der Waals surface area contributed by atoms with Gasteiger partial charge >= 0.3 is 0 Å². The van der Waals surface area contributed by atoms with Crippen molar-refractivity contribution in [3.05, 3.63) is 46.5 Å². The quantitative estimate of drug-likeness (QED) is 0.798. The number of aryl methyl sites for hydroxylation is 1. The van der Waals surface area contributed by atoms with Crippen LogP contribution in [0.25, 0.3) is 0 Å². The van der Waals surface area contributed by atoms with Crippen LogP contribution in [0.4, 0.5) is 0 Å². The second-order valence-electron chi connectivity index (χ2n) is 4.14. The summed E-state index contributed by atoms with van der Waals surface area (Å²) in [6.45, 7) is 0.313. The molecule has 0 amide bonds. The zero-order chi connectivity index (χ0) is 14.6. The number of halogens is 2. The summed E-state index contributed by atoms with van der Waals surface area (Å²) in [6.07, 6.45) is 4.70. The first-order chi connectivity index (χ1) is 9.47. The standard InChI is InChI=1S/C12H13Cl2N3O2S/c13-9-6-10(14)8-11(7-9)20(18,19)17-3-1-2-12-15-4-5-16-12/h4-8,17H,1-3H2,(H,15,16). The Bertz CT molecular complexity index is 652. The van der Waals surface area contributed by atoms with E-state index in [4.69, 9.17) is 23.2 Å². The van der Waals surface area contributed by atoms with Crippen LogP contribution < -0.4 is 4.72 Å². The van der Waals surface area contributed by atoms with Crippen LogP contribution in [0.3, 0.4) is 0 Å². The van der Waals surface area contributed by atoms with E-state index >= 15 is 0 Å². The Hall–Kier alpha value is -1.08. The second-order valence-corrected chi connectivity index (χ2v) is 6.78. The first kappa shape index (κ1) is 15.3. The van der Waals surface area contributed by atoms with Gasteiger partial charge in [0, 0.05) is 35.4 Å². The summed E-state index contributed by atoms with van der Waals surface area (Å²) in [5.41, 5.74) is 0. The number of aromatic amines is 1. The predicted octanol–water partition coefficient (Wildman–Crippen LogP) is 2.63. The lowest BCUT2D eigenvalue weighted by Crippen LogP contribution is -2.25. The van der Waals surface area contributed by atoms with Crippen LogP contribution in [0.5, 0.6) is 0 Å². The molecule has 5 nitrogen and oxygen atoms in total. The van der Waals surface area contributed by atoms with Crippen molar-refractivity contribution in [2.24, 2.45) is 0 Å². The van der Waals surface area contributed by atoms with Crippen LogP contribution >= 0.6 is 23.2 Å². The first-order valence-electron chi connectivity index (χ1n) is 5.91. The third-order valence-electron chi connectivity index (χ3n) is 2.58. The molecule has 0 fully saturated rings. The number of benzene rings is 1. The molecule has 0 bridgehead atoms. The Morgan fingerprint density at radius 2 is 1.90 bits per heavy atom. The highest BCUT2D eigenvalue weighted by Gasteiger charge is 2.14. The van der Waals surface area contributed by atoms with Crippen molar-refractivity contribution >= 4 is 33.2 Å². The van der Waals surface area contributed by atoms with E-state index in [1.165, 1.54) is 18.2 Å². The lowest BCUT2D eigenvalue weighted by Gasteiger charge is -2.07. The lowest BCUT2D eigenvalue weighted by atomic mass is 10.3. The fraction of sp³-hybridized carbons (Fsp3) is 0.250. The number of H-pyrrole nitrogens is 1. The minimum atomic E-state index is -3.60. The van der Waals surface area contributed by atoms with Gasteiger partial charge in [-0.1, -0.05) is 23.2 Å². The van der Waals surface area contributed by atoms with E-state index in [-0.39, 0.29) is 14.9 Å². The van der Waals surface area contributed by atoms with Gasteiger partial charge in [-0.15, -0.1) is 0 Å². The number of imidazole rings is 1. The monoisotopic (exact) mass is 333 g/mol. The number of hydrogen-bond acceptors (Lipinski definition) is 3. The molecule has 0 saturated carbocycles. The van der Waals surface area contributed by atoms with Crippen LogP contribution in [0.2, 0.25) is 10.0 Å². The summed E-state index contributed by atoms with van der Waals surface area (Å²) in [4.78, 5) is 7.09. The van der Waals surface area contributed by atoms with Crippen LogP contribution in [-0.4, -0.2) is 24.9 Å². The third kappa shape index (κ3) is 4.21. The van der Waals surface area contributed by atoms with Crippen molar-refractivity contribution in [2.75, 3.05) is 6.54 Å². The molecule has 108 valence electrons. The maximum absolute atomic E-state index is 12.0. The van der Waals surface area contributed by atoms with Gasteiger partial charge in [0.2, 0.25) is 10.0 Å². The number of aromatic nitrogens is 2. The minimum Gasteiger partial charge on any atom is -0.349 e. The molecule has 0 saturated heterocycles. The molecule has 8 heteroatoms. The Kier molecular flexibility index (Phi) is 5.04. The summed E-state index contributed by atoms with van der Waals surface area (Å²) in [5.74, 6) is 0.829. The highest BCUT2D eigenvalue weighted by molar-refractivity contribution is 7.89. The van der Waals surface area contributed by atoms with Gasteiger partial charge in [-0.05, 0) is 24.6 Å². The number of hydrogen-bond donors (Lipinski definition) is 2. The summed E-state index contributed by atoms with van der Waals surface area (Å²) < 4.78 is 26.6. The van der Waals surface area contributed by atoms with Crippen molar-refractivity contribution in [3.63, 3.8) is 0 Å². The maximum atomic E-state index is 12.0. The van der Waals surface area contributed by atoms with E-state index in [2.05, 4.69) is 14.7 Å². The van der Waals surface area contributed by atoms with Gasteiger partial charge in [0.25, 0.3) is 0 Å². The first-order valence-corrected chi connectivity index (χ1v) is 8.15. The zero-order valence-corrected chi connectivity index (χ0v) is 12.8. The molecule has 2 N–H and O–H groups in total. The van der Waals surface area contributed by atoms with Crippen LogP contribution in [0.15, 0.2) is 35.5 Å². The molecule has 1 heterocycles. The van der Waals surface area contributed by atoms with Gasteiger partial charge in [0.05, 0.1) is 4.90 Å². The Morgan fingerprint density at radius 1 is 1.20 bits per heavy atom. The Morgan fingerprint density at radius 3 is 2.50 bits per heavy atom. The van der Waals surface area contributed by atoms with Gasteiger partial charge in [-0.3, -0.25) is 0 Å². The molecule has 0 aliphatic heterocycles. The molecule has 0 spiro atoms. The molecule has 0 aliphatic rings. The molecule has 2 rings (SSSR count). The SMILES string of the molecule is O=S(=O)(NCCCc1ncc[nH]1)c1cc(Cl)cc(Cl)c1. The number of nitrogens with zero attached hydrogens (tertiary/aromatic N) is 1. The molecule has 2 aromatic rings. The van der Waals surface area contributed by atoms with Crippen LogP contribution in [0.1, 0.15) is 12.2 Å². The summed E-state index contributed by atoms with van der Waals surface area (Å²) in [6, 6.07) is 4.21. The number of nitrogens with one attached hydrogen (secondary N) is 2. The van der Waals surface area contributed by atoms with E-state index in [9.17, 15) is 8.42 Å². The van der Waals surface area contributed by atoms with Crippen molar-refractivity contribution < 1.29 is 8.42 Å².